The molecule has 0 N–H and O–H groups in total. The van der Waals surface area contributed by atoms with Gasteiger partial charge in [-0.3, -0.25) is 0 Å². The molecular formula is C14H10BrClF2. The van der Waals surface area contributed by atoms with Gasteiger partial charge in [0.05, 0.1) is 0 Å². The highest BCUT2D eigenvalue weighted by atomic mass is 79.9. The molecule has 0 amide bonds. The van der Waals surface area contributed by atoms with Crippen LogP contribution >= 0.6 is 27.5 Å². The van der Waals surface area contributed by atoms with Crippen molar-refractivity contribution in [2.24, 2.45) is 0 Å². The van der Waals surface area contributed by atoms with Crippen molar-refractivity contribution in [2.45, 2.75) is 11.2 Å². The van der Waals surface area contributed by atoms with Crippen molar-refractivity contribution in [2.75, 3.05) is 0 Å². The van der Waals surface area contributed by atoms with E-state index in [-0.39, 0.29) is 4.83 Å². The second-order valence-electron chi connectivity index (χ2n) is 3.97. The highest BCUT2D eigenvalue weighted by Gasteiger charge is 2.14. The molecule has 4 heteroatoms. The second-order valence-corrected chi connectivity index (χ2v) is 5.51. The normalized spacial score (nSPS) is 12.4. The largest absolute Gasteiger partial charge is 0.207 e. The van der Waals surface area contributed by atoms with E-state index in [9.17, 15) is 8.78 Å². The van der Waals surface area contributed by atoms with Gasteiger partial charge in [-0.2, -0.15) is 0 Å². The van der Waals surface area contributed by atoms with Crippen LogP contribution in [-0.4, -0.2) is 0 Å². The topological polar surface area (TPSA) is 0 Å². The first-order chi connectivity index (χ1) is 8.56. The minimum Gasteiger partial charge on any atom is -0.207 e. The van der Waals surface area contributed by atoms with Crippen molar-refractivity contribution in [3.8, 4) is 0 Å². The standard InChI is InChI=1S/C14H10BrClF2/c15-13(7-9-2-1-3-10(16)6-9)12-8-11(17)4-5-14(12)18/h1-6,8,13H,7H2. The van der Waals surface area contributed by atoms with Crippen molar-refractivity contribution < 1.29 is 8.78 Å². The summed E-state index contributed by atoms with van der Waals surface area (Å²) in [6, 6.07) is 10.8. The van der Waals surface area contributed by atoms with Gasteiger partial charge in [0.25, 0.3) is 0 Å². The maximum atomic E-state index is 13.6. The lowest BCUT2D eigenvalue weighted by atomic mass is 10.0. The number of rotatable bonds is 3. The molecule has 0 radical (unpaired) electrons. The number of hydrogen-bond donors (Lipinski definition) is 0. The van der Waals surface area contributed by atoms with Crippen LogP contribution in [0.25, 0.3) is 0 Å². The Morgan fingerprint density at radius 3 is 2.61 bits per heavy atom. The molecule has 0 bridgehead atoms. The van der Waals surface area contributed by atoms with E-state index in [1.54, 1.807) is 6.07 Å². The quantitative estimate of drug-likeness (QED) is 0.670. The van der Waals surface area contributed by atoms with Crippen LogP contribution in [0.3, 0.4) is 0 Å². The van der Waals surface area contributed by atoms with Crippen LogP contribution in [0.5, 0.6) is 0 Å². The number of halogens is 4. The fraction of sp³-hybridized carbons (Fsp3) is 0.143. The smallest absolute Gasteiger partial charge is 0.127 e. The summed E-state index contributed by atoms with van der Waals surface area (Å²) in [5, 5.41) is 0.631. The molecule has 0 heterocycles. The zero-order valence-corrected chi connectivity index (χ0v) is 11.7. The van der Waals surface area contributed by atoms with Gasteiger partial charge in [0.2, 0.25) is 0 Å². The molecule has 94 valence electrons. The molecule has 0 saturated heterocycles. The molecule has 18 heavy (non-hydrogen) atoms. The van der Waals surface area contributed by atoms with Crippen molar-refractivity contribution >= 4 is 27.5 Å². The fourth-order valence-electron chi connectivity index (χ4n) is 1.74. The van der Waals surface area contributed by atoms with Crippen LogP contribution in [0.15, 0.2) is 42.5 Å². The van der Waals surface area contributed by atoms with E-state index in [4.69, 9.17) is 11.6 Å². The fourth-order valence-corrected chi connectivity index (χ4v) is 2.67. The Labute approximate surface area is 118 Å². The Morgan fingerprint density at radius 1 is 1.11 bits per heavy atom. The molecule has 1 unspecified atom stereocenters. The van der Waals surface area contributed by atoms with Gasteiger partial charge in [-0.05, 0) is 42.3 Å². The summed E-state index contributed by atoms with van der Waals surface area (Å²) < 4.78 is 26.7. The number of hydrogen-bond acceptors (Lipinski definition) is 0. The number of alkyl halides is 1. The van der Waals surface area contributed by atoms with E-state index >= 15 is 0 Å². The average molecular weight is 332 g/mol. The molecule has 0 spiro atoms. The second kappa shape index (κ2) is 5.81. The number of benzene rings is 2. The summed E-state index contributed by atoms with van der Waals surface area (Å²) in [7, 11) is 0. The zero-order valence-electron chi connectivity index (χ0n) is 9.34. The maximum absolute atomic E-state index is 13.6. The van der Waals surface area contributed by atoms with E-state index < -0.39 is 11.6 Å². The highest BCUT2D eigenvalue weighted by molar-refractivity contribution is 9.09. The molecule has 0 fully saturated rings. The van der Waals surface area contributed by atoms with Gasteiger partial charge in [-0.1, -0.05) is 39.7 Å². The molecule has 2 aromatic carbocycles. The first-order valence-corrected chi connectivity index (χ1v) is 6.69. The molecule has 0 saturated carbocycles. The Balaban J connectivity index is 2.21. The van der Waals surface area contributed by atoms with Crippen LogP contribution in [0, 0.1) is 11.6 Å². The summed E-state index contributed by atoms with van der Waals surface area (Å²) in [6.07, 6.45) is 0.543. The van der Waals surface area contributed by atoms with Crippen LogP contribution in [-0.2, 0) is 6.42 Å². The van der Waals surface area contributed by atoms with Gasteiger partial charge >= 0.3 is 0 Å². The Bertz CT molecular complexity index is 557. The lowest BCUT2D eigenvalue weighted by molar-refractivity contribution is 0.583. The summed E-state index contributed by atoms with van der Waals surface area (Å²) in [5.74, 6) is -0.859. The average Bonchev–Trinajstić information content (AvgIpc) is 2.32. The first-order valence-electron chi connectivity index (χ1n) is 5.40. The van der Waals surface area contributed by atoms with Crippen molar-refractivity contribution in [1.29, 1.82) is 0 Å². The minimum atomic E-state index is -0.443. The first kappa shape index (κ1) is 13.5. The Kier molecular flexibility index (Phi) is 4.36. The molecule has 2 aromatic rings. The van der Waals surface area contributed by atoms with Gasteiger partial charge in [-0.15, -0.1) is 0 Å². The third kappa shape index (κ3) is 3.30. The van der Waals surface area contributed by atoms with Crippen molar-refractivity contribution in [3.63, 3.8) is 0 Å². The van der Waals surface area contributed by atoms with Gasteiger partial charge in [0, 0.05) is 15.4 Å². The van der Waals surface area contributed by atoms with Gasteiger partial charge in [-0.25, -0.2) is 8.78 Å². The van der Waals surface area contributed by atoms with E-state index in [0.717, 1.165) is 17.7 Å². The third-order valence-corrected chi connectivity index (χ3v) is 3.65. The van der Waals surface area contributed by atoms with E-state index in [0.29, 0.717) is 17.0 Å². The van der Waals surface area contributed by atoms with Crippen LogP contribution in [0.2, 0.25) is 5.02 Å². The molecule has 0 aliphatic carbocycles. The van der Waals surface area contributed by atoms with Gasteiger partial charge in [0.1, 0.15) is 11.6 Å². The van der Waals surface area contributed by atoms with Crippen LogP contribution in [0.1, 0.15) is 16.0 Å². The molecule has 1 atom stereocenters. The summed E-state index contributed by atoms with van der Waals surface area (Å²) in [5.41, 5.74) is 1.28. The van der Waals surface area contributed by atoms with E-state index in [1.807, 2.05) is 18.2 Å². The monoisotopic (exact) mass is 330 g/mol. The molecule has 2 rings (SSSR count). The minimum absolute atomic E-state index is 0.285. The maximum Gasteiger partial charge on any atom is 0.127 e. The molecule has 0 aliphatic heterocycles. The third-order valence-electron chi connectivity index (χ3n) is 2.60. The van der Waals surface area contributed by atoms with E-state index in [2.05, 4.69) is 15.9 Å². The molecule has 0 aliphatic rings. The molecule has 0 nitrogen and oxygen atoms in total. The van der Waals surface area contributed by atoms with Gasteiger partial charge in [0.15, 0.2) is 0 Å². The molecular weight excluding hydrogens is 322 g/mol. The van der Waals surface area contributed by atoms with Gasteiger partial charge < -0.3 is 0 Å². The lowest BCUT2D eigenvalue weighted by Crippen LogP contribution is -1.99. The SMILES string of the molecule is Fc1ccc(F)c(C(Br)Cc2cccc(Cl)c2)c1. The summed E-state index contributed by atoms with van der Waals surface area (Å²) in [4.78, 5) is -0.285. The van der Waals surface area contributed by atoms with Crippen molar-refractivity contribution in [3.05, 3.63) is 70.2 Å². The highest BCUT2D eigenvalue weighted by Crippen LogP contribution is 2.30. The zero-order chi connectivity index (χ0) is 13.1. The Morgan fingerprint density at radius 2 is 1.89 bits per heavy atom. The summed E-state index contributed by atoms with van der Waals surface area (Å²) in [6.45, 7) is 0. The predicted molar refractivity (Wildman–Crippen MR) is 73.2 cm³/mol. The summed E-state index contributed by atoms with van der Waals surface area (Å²) >= 11 is 9.26. The van der Waals surface area contributed by atoms with Crippen LogP contribution < -0.4 is 0 Å². The molecule has 0 aromatic heterocycles. The Hall–Kier alpha value is -0.930. The van der Waals surface area contributed by atoms with Crippen LogP contribution in [0.4, 0.5) is 8.78 Å². The lowest BCUT2D eigenvalue weighted by Gasteiger charge is -2.11. The van der Waals surface area contributed by atoms with E-state index in [1.165, 1.54) is 6.07 Å². The predicted octanol–water partition coefficient (Wildman–Crippen LogP) is 5.30. The van der Waals surface area contributed by atoms with Crippen molar-refractivity contribution in [1.82, 2.24) is 0 Å².